The van der Waals surface area contributed by atoms with Gasteiger partial charge in [0.25, 0.3) is 0 Å². The number of hydrogen-bond donors (Lipinski definition) is 1. The summed E-state index contributed by atoms with van der Waals surface area (Å²) in [5.41, 5.74) is 6.80. The largest absolute Gasteiger partial charge is 0.396 e. The Kier molecular flexibility index (Phi) is 3.76. The van der Waals surface area contributed by atoms with Crippen LogP contribution in [0.5, 0.6) is 0 Å². The fraction of sp³-hybridized carbons (Fsp3) is 0.231. The van der Waals surface area contributed by atoms with Crippen LogP contribution in [0.4, 0.5) is 10.1 Å². The summed E-state index contributed by atoms with van der Waals surface area (Å²) in [6.07, 6.45) is 0. The Balaban J connectivity index is 2.03. The monoisotopic (exact) mass is 250 g/mol. The van der Waals surface area contributed by atoms with E-state index in [9.17, 15) is 4.39 Å². The lowest BCUT2D eigenvalue weighted by Crippen LogP contribution is -2.17. The van der Waals surface area contributed by atoms with Crippen LogP contribution in [-0.2, 0) is 13.1 Å². The van der Waals surface area contributed by atoms with Crippen molar-refractivity contribution in [2.24, 2.45) is 0 Å². The molecule has 0 amide bonds. The number of para-hydroxylation sites is 1. The van der Waals surface area contributed by atoms with Gasteiger partial charge in [0.05, 0.1) is 5.69 Å². The van der Waals surface area contributed by atoms with Gasteiger partial charge in [-0.2, -0.15) is 0 Å². The van der Waals surface area contributed by atoms with Gasteiger partial charge in [-0.25, -0.2) is 4.39 Å². The molecule has 0 unspecified atom stereocenters. The number of thiophene rings is 1. The fourth-order valence-electron chi connectivity index (χ4n) is 1.73. The maximum absolute atomic E-state index is 13.3. The summed E-state index contributed by atoms with van der Waals surface area (Å²) >= 11 is 1.72. The molecule has 0 spiro atoms. The molecule has 0 saturated carbocycles. The summed E-state index contributed by atoms with van der Waals surface area (Å²) in [5, 5.41) is 2.06. The van der Waals surface area contributed by atoms with Gasteiger partial charge in [0, 0.05) is 18.0 Å². The topological polar surface area (TPSA) is 29.3 Å². The van der Waals surface area contributed by atoms with E-state index in [1.54, 1.807) is 17.4 Å². The molecule has 4 heteroatoms. The zero-order chi connectivity index (χ0) is 12.3. The summed E-state index contributed by atoms with van der Waals surface area (Å²) in [5.74, 6) is -0.341. The molecule has 0 saturated heterocycles. The summed E-state index contributed by atoms with van der Waals surface area (Å²) in [6.45, 7) is 1.51. The standard InChI is InChI=1S/C13H15FN2S/c1-16(9-11-5-3-7-17-11)8-10-4-2-6-12(14)13(10)15/h2-7H,8-9,15H2,1H3. The maximum atomic E-state index is 13.3. The Bertz CT molecular complexity index is 482. The van der Waals surface area contributed by atoms with Gasteiger partial charge in [-0.1, -0.05) is 18.2 Å². The van der Waals surface area contributed by atoms with E-state index in [-0.39, 0.29) is 11.5 Å². The van der Waals surface area contributed by atoms with Crippen LogP contribution in [0.1, 0.15) is 10.4 Å². The SMILES string of the molecule is CN(Cc1cccs1)Cc1cccc(F)c1N. The molecule has 90 valence electrons. The van der Waals surface area contributed by atoms with Crippen molar-refractivity contribution in [1.82, 2.24) is 4.90 Å². The first-order chi connectivity index (χ1) is 8.16. The normalized spacial score (nSPS) is 11.0. The van der Waals surface area contributed by atoms with Crippen molar-refractivity contribution in [1.29, 1.82) is 0 Å². The number of benzene rings is 1. The number of anilines is 1. The van der Waals surface area contributed by atoms with Crippen LogP contribution in [0.3, 0.4) is 0 Å². The zero-order valence-corrected chi connectivity index (χ0v) is 10.5. The minimum atomic E-state index is -0.341. The van der Waals surface area contributed by atoms with Gasteiger partial charge in [-0.15, -0.1) is 11.3 Å². The summed E-state index contributed by atoms with van der Waals surface area (Å²) in [7, 11) is 2.00. The van der Waals surface area contributed by atoms with E-state index in [2.05, 4.69) is 16.3 Å². The van der Waals surface area contributed by atoms with Gasteiger partial charge in [0.2, 0.25) is 0 Å². The van der Waals surface area contributed by atoms with Gasteiger partial charge in [0.1, 0.15) is 5.82 Å². The van der Waals surface area contributed by atoms with E-state index in [0.29, 0.717) is 6.54 Å². The van der Waals surface area contributed by atoms with Gasteiger partial charge >= 0.3 is 0 Å². The zero-order valence-electron chi connectivity index (χ0n) is 9.69. The van der Waals surface area contributed by atoms with Crippen LogP contribution in [0, 0.1) is 5.82 Å². The summed E-state index contributed by atoms with van der Waals surface area (Å²) < 4.78 is 13.3. The third-order valence-electron chi connectivity index (χ3n) is 2.59. The molecule has 0 radical (unpaired) electrons. The lowest BCUT2D eigenvalue weighted by Gasteiger charge is -2.17. The Morgan fingerprint density at radius 3 is 2.76 bits per heavy atom. The molecular weight excluding hydrogens is 235 g/mol. The van der Waals surface area contributed by atoms with E-state index < -0.39 is 0 Å². The van der Waals surface area contributed by atoms with Crippen molar-refractivity contribution >= 4 is 17.0 Å². The van der Waals surface area contributed by atoms with E-state index in [1.807, 2.05) is 19.2 Å². The quantitative estimate of drug-likeness (QED) is 0.845. The average Bonchev–Trinajstić information content (AvgIpc) is 2.77. The maximum Gasteiger partial charge on any atom is 0.146 e. The third kappa shape index (κ3) is 3.05. The van der Waals surface area contributed by atoms with Gasteiger partial charge in [-0.3, -0.25) is 4.90 Å². The molecule has 1 heterocycles. The molecule has 0 aliphatic rings. The van der Waals surface area contributed by atoms with Crippen molar-refractivity contribution in [3.05, 3.63) is 52.0 Å². The molecule has 0 bridgehead atoms. The van der Waals surface area contributed by atoms with Crippen LogP contribution in [0.25, 0.3) is 0 Å². The molecule has 1 aromatic carbocycles. The van der Waals surface area contributed by atoms with Crippen molar-refractivity contribution in [2.45, 2.75) is 13.1 Å². The van der Waals surface area contributed by atoms with E-state index in [4.69, 9.17) is 5.73 Å². The smallest absolute Gasteiger partial charge is 0.146 e. The first-order valence-electron chi connectivity index (χ1n) is 5.40. The molecule has 1 aromatic heterocycles. The molecule has 2 rings (SSSR count). The highest BCUT2D eigenvalue weighted by atomic mass is 32.1. The van der Waals surface area contributed by atoms with E-state index >= 15 is 0 Å². The molecule has 2 nitrogen and oxygen atoms in total. The average molecular weight is 250 g/mol. The lowest BCUT2D eigenvalue weighted by molar-refractivity contribution is 0.322. The molecule has 17 heavy (non-hydrogen) atoms. The number of nitrogens with two attached hydrogens (primary N) is 1. The van der Waals surface area contributed by atoms with Crippen molar-refractivity contribution in [2.75, 3.05) is 12.8 Å². The second-order valence-electron chi connectivity index (χ2n) is 4.06. The number of halogens is 1. The lowest BCUT2D eigenvalue weighted by atomic mass is 10.1. The van der Waals surface area contributed by atoms with E-state index in [1.165, 1.54) is 10.9 Å². The number of nitrogen functional groups attached to an aromatic ring is 1. The van der Waals surface area contributed by atoms with E-state index in [0.717, 1.165) is 12.1 Å². The van der Waals surface area contributed by atoms with Gasteiger partial charge < -0.3 is 5.73 Å². The number of hydrogen-bond acceptors (Lipinski definition) is 3. The van der Waals surface area contributed by atoms with Crippen molar-refractivity contribution in [3.8, 4) is 0 Å². The Hall–Kier alpha value is -1.39. The van der Waals surface area contributed by atoms with Gasteiger partial charge in [-0.05, 0) is 30.1 Å². The molecule has 0 aliphatic heterocycles. The Morgan fingerprint density at radius 2 is 2.06 bits per heavy atom. The molecule has 2 N–H and O–H groups in total. The summed E-state index contributed by atoms with van der Waals surface area (Å²) in [4.78, 5) is 3.42. The number of rotatable bonds is 4. The first kappa shape index (κ1) is 12.1. The van der Waals surface area contributed by atoms with Crippen LogP contribution < -0.4 is 5.73 Å². The second-order valence-corrected chi connectivity index (χ2v) is 5.10. The minimum absolute atomic E-state index is 0.255. The Morgan fingerprint density at radius 1 is 1.24 bits per heavy atom. The van der Waals surface area contributed by atoms with Crippen LogP contribution in [0.15, 0.2) is 35.7 Å². The highest BCUT2D eigenvalue weighted by Crippen LogP contribution is 2.19. The number of nitrogens with zero attached hydrogens (tertiary/aromatic N) is 1. The van der Waals surface area contributed by atoms with Gasteiger partial charge in [0.15, 0.2) is 0 Å². The first-order valence-corrected chi connectivity index (χ1v) is 6.28. The van der Waals surface area contributed by atoms with Crippen LogP contribution in [-0.4, -0.2) is 11.9 Å². The van der Waals surface area contributed by atoms with Crippen LogP contribution in [0.2, 0.25) is 0 Å². The highest BCUT2D eigenvalue weighted by molar-refractivity contribution is 7.09. The third-order valence-corrected chi connectivity index (χ3v) is 3.45. The molecule has 0 atom stereocenters. The molecule has 0 aliphatic carbocycles. The van der Waals surface area contributed by atoms with Crippen molar-refractivity contribution < 1.29 is 4.39 Å². The predicted molar refractivity (Wildman–Crippen MR) is 70.3 cm³/mol. The van der Waals surface area contributed by atoms with Crippen LogP contribution >= 0.6 is 11.3 Å². The minimum Gasteiger partial charge on any atom is -0.396 e. The highest BCUT2D eigenvalue weighted by Gasteiger charge is 2.07. The molecule has 0 fully saturated rings. The fourth-order valence-corrected chi connectivity index (χ4v) is 2.52. The predicted octanol–water partition coefficient (Wildman–Crippen LogP) is 3.10. The molecular formula is C13H15FN2S. The van der Waals surface area contributed by atoms with Crippen molar-refractivity contribution in [3.63, 3.8) is 0 Å². The Labute approximate surface area is 104 Å². The summed E-state index contributed by atoms with van der Waals surface area (Å²) in [6, 6.07) is 9.07. The second kappa shape index (κ2) is 5.29. The molecule has 2 aromatic rings.